The number of urea groups is 1. The molecule has 2 aromatic carbocycles. The van der Waals surface area contributed by atoms with Gasteiger partial charge in [0.1, 0.15) is 6.17 Å². The molecule has 3 amide bonds. The van der Waals surface area contributed by atoms with E-state index in [0.717, 1.165) is 5.69 Å². The van der Waals surface area contributed by atoms with E-state index in [4.69, 9.17) is 11.6 Å². The van der Waals surface area contributed by atoms with Crippen LogP contribution in [0.5, 0.6) is 0 Å². The molecule has 1 heterocycles. The van der Waals surface area contributed by atoms with E-state index in [0.29, 0.717) is 17.1 Å². The van der Waals surface area contributed by atoms with E-state index in [1.807, 2.05) is 25.1 Å². The van der Waals surface area contributed by atoms with Crippen LogP contribution in [-0.4, -0.2) is 18.1 Å². The van der Waals surface area contributed by atoms with Gasteiger partial charge >= 0.3 is 6.03 Å². The first kappa shape index (κ1) is 16.3. The highest BCUT2D eigenvalue weighted by atomic mass is 35.5. The van der Waals surface area contributed by atoms with Crippen molar-refractivity contribution in [2.75, 3.05) is 10.2 Å². The van der Waals surface area contributed by atoms with E-state index in [-0.39, 0.29) is 17.9 Å². The number of rotatable bonds is 3. The summed E-state index contributed by atoms with van der Waals surface area (Å²) in [6.07, 6.45) is 0.168. The second kappa shape index (κ2) is 6.93. The molecule has 3 rings (SSSR count). The molecular weight excluding hydrogens is 326 g/mol. The van der Waals surface area contributed by atoms with Crippen molar-refractivity contribution >= 4 is 34.9 Å². The standard InChI is InChI=1S/C18H18ClN3O2/c1-12-11-16(21-18(24)20-14-5-3-2-4-6-14)22(17(12)23)15-9-7-13(19)8-10-15/h2-10,12,16H,11H2,1H3,(H2,20,21,24). The SMILES string of the molecule is CC1CC(NC(=O)Nc2ccccc2)N(c2ccc(Cl)cc2)C1=O. The van der Waals surface area contributed by atoms with Crippen molar-refractivity contribution in [1.82, 2.24) is 5.32 Å². The van der Waals surface area contributed by atoms with Crippen molar-refractivity contribution in [2.24, 2.45) is 5.92 Å². The highest BCUT2D eigenvalue weighted by molar-refractivity contribution is 6.30. The highest BCUT2D eigenvalue weighted by Gasteiger charge is 2.38. The third kappa shape index (κ3) is 3.51. The van der Waals surface area contributed by atoms with Gasteiger partial charge in [-0.25, -0.2) is 4.79 Å². The second-order valence-corrected chi connectivity index (χ2v) is 6.24. The quantitative estimate of drug-likeness (QED) is 0.889. The number of carbonyl (C=O) groups is 2. The van der Waals surface area contributed by atoms with Crippen molar-refractivity contribution in [3.05, 3.63) is 59.6 Å². The monoisotopic (exact) mass is 343 g/mol. The van der Waals surface area contributed by atoms with Gasteiger partial charge in [-0.05, 0) is 42.8 Å². The fourth-order valence-electron chi connectivity index (χ4n) is 2.80. The van der Waals surface area contributed by atoms with Gasteiger partial charge in [0.25, 0.3) is 0 Å². The summed E-state index contributed by atoms with van der Waals surface area (Å²) in [4.78, 5) is 26.3. The highest BCUT2D eigenvalue weighted by Crippen LogP contribution is 2.29. The Kier molecular flexibility index (Phi) is 4.71. The van der Waals surface area contributed by atoms with Crippen LogP contribution in [0.15, 0.2) is 54.6 Å². The molecule has 0 bridgehead atoms. The first-order valence-corrected chi connectivity index (χ1v) is 8.13. The molecular formula is C18H18ClN3O2. The molecule has 5 nitrogen and oxygen atoms in total. The Bertz CT molecular complexity index is 734. The number of amides is 3. The average Bonchev–Trinajstić information content (AvgIpc) is 2.83. The summed E-state index contributed by atoms with van der Waals surface area (Å²) >= 11 is 5.91. The van der Waals surface area contributed by atoms with Crippen LogP contribution >= 0.6 is 11.6 Å². The number of halogens is 1. The molecule has 0 spiro atoms. The number of hydrogen-bond acceptors (Lipinski definition) is 2. The molecule has 1 fully saturated rings. The van der Waals surface area contributed by atoms with Crippen LogP contribution in [0.4, 0.5) is 16.2 Å². The molecule has 1 aliphatic rings. The van der Waals surface area contributed by atoms with Gasteiger partial charge in [0.05, 0.1) is 0 Å². The molecule has 6 heteroatoms. The number of nitrogens with zero attached hydrogens (tertiary/aromatic N) is 1. The number of carbonyl (C=O) groups excluding carboxylic acids is 2. The van der Waals surface area contributed by atoms with E-state index >= 15 is 0 Å². The Morgan fingerprint density at radius 2 is 1.79 bits per heavy atom. The van der Waals surface area contributed by atoms with Crippen molar-refractivity contribution in [3.63, 3.8) is 0 Å². The molecule has 1 saturated heterocycles. The zero-order valence-corrected chi connectivity index (χ0v) is 14.0. The Hall–Kier alpha value is -2.53. The van der Waals surface area contributed by atoms with Gasteiger partial charge in [-0.15, -0.1) is 0 Å². The predicted octanol–water partition coefficient (Wildman–Crippen LogP) is 3.86. The summed E-state index contributed by atoms with van der Waals surface area (Å²) in [6.45, 7) is 1.86. The molecule has 2 N–H and O–H groups in total. The normalized spacial score (nSPS) is 20.1. The van der Waals surface area contributed by atoms with Crippen molar-refractivity contribution in [2.45, 2.75) is 19.5 Å². The Morgan fingerprint density at radius 3 is 2.46 bits per heavy atom. The van der Waals surface area contributed by atoms with Crippen LogP contribution in [0.3, 0.4) is 0 Å². The Morgan fingerprint density at radius 1 is 1.12 bits per heavy atom. The Labute approximate surface area is 145 Å². The number of anilines is 2. The largest absolute Gasteiger partial charge is 0.320 e. The van der Waals surface area contributed by atoms with Crippen LogP contribution in [0, 0.1) is 5.92 Å². The average molecular weight is 344 g/mol. The summed E-state index contributed by atoms with van der Waals surface area (Å²) in [6, 6.07) is 15.9. The number of hydrogen-bond donors (Lipinski definition) is 2. The maximum atomic E-state index is 12.5. The smallest absolute Gasteiger partial charge is 0.317 e. The van der Waals surface area contributed by atoms with Crippen molar-refractivity contribution in [3.8, 4) is 0 Å². The topological polar surface area (TPSA) is 61.4 Å². The lowest BCUT2D eigenvalue weighted by atomic mass is 10.1. The van der Waals surface area contributed by atoms with Crippen LogP contribution < -0.4 is 15.5 Å². The molecule has 0 radical (unpaired) electrons. The van der Waals surface area contributed by atoms with Gasteiger partial charge in [-0.3, -0.25) is 9.69 Å². The Balaban J connectivity index is 1.74. The summed E-state index contributed by atoms with van der Waals surface area (Å²) < 4.78 is 0. The number of nitrogens with one attached hydrogen (secondary N) is 2. The molecule has 2 atom stereocenters. The molecule has 0 saturated carbocycles. The zero-order valence-electron chi connectivity index (χ0n) is 13.2. The summed E-state index contributed by atoms with van der Waals surface area (Å²) in [5.74, 6) is -0.162. The van der Waals surface area contributed by atoms with E-state index in [9.17, 15) is 9.59 Å². The van der Waals surface area contributed by atoms with E-state index < -0.39 is 6.17 Å². The van der Waals surface area contributed by atoms with Crippen LogP contribution in [0.2, 0.25) is 5.02 Å². The van der Waals surface area contributed by atoms with Crippen LogP contribution in [0.25, 0.3) is 0 Å². The summed E-state index contributed by atoms with van der Waals surface area (Å²) in [5.41, 5.74) is 1.42. The van der Waals surface area contributed by atoms with Crippen LogP contribution in [0.1, 0.15) is 13.3 Å². The summed E-state index contributed by atoms with van der Waals surface area (Å²) in [5, 5.41) is 6.25. The first-order chi connectivity index (χ1) is 11.5. The van der Waals surface area contributed by atoms with E-state index in [1.165, 1.54) is 0 Å². The van der Waals surface area contributed by atoms with Gasteiger partial charge in [-0.1, -0.05) is 36.7 Å². The van der Waals surface area contributed by atoms with Gasteiger partial charge < -0.3 is 10.6 Å². The lowest BCUT2D eigenvalue weighted by Gasteiger charge is -2.25. The van der Waals surface area contributed by atoms with Gasteiger partial charge in [0, 0.05) is 22.3 Å². The minimum Gasteiger partial charge on any atom is -0.317 e. The molecule has 24 heavy (non-hydrogen) atoms. The van der Waals surface area contributed by atoms with Crippen molar-refractivity contribution in [1.29, 1.82) is 0 Å². The predicted molar refractivity (Wildman–Crippen MR) is 95.1 cm³/mol. The third-order valence-corrected chi connectivity index (χ3v) is 4.23. The number of benzene rings is 2. The van der Waals surface area contributed by atoms with E-state index in [1.54, 1.807) is 41.3 Å². The van der Waals surface area contributed by atoms with Crippen molar-refractivity contribution < 1.29 is 9.59 Å². The molecule has 0 aliphatic carbocycles. The number of para-hydroxylation sites is 1. The molecule has 2 unspecified atom stereocenters. The van der Waals surface area contributed by atoms with Gasteiger partial charge in [0.15, 0.2) is 0 Å². The second-order valence-electron chi connectivity index (χ2n) is 5.80. The third-order valence-electron chi connectivity index (χ3n) is 3.98. The van der Waals surface area contributed by atoms with E-state index in [2.05, 4.69) is 10.6 Å². The molecule has 124 valence electrons. The molecule has 1 aliphatic heterocycles. The summed E-state index contributed by atoms with van der Waals surface area (Å²) in [7, 11) is 0. The minimum atomic E-state index is -0.391. The lowest BCUT2D eigenvalue weighted by Crippen LogP contribution is -2.47. The minimum absolute atomic E-state index is 0.0117. The fourth-order valence-corrected chi connectivity index (χ4v) is 2.93. The zero-order chi connectivity index (χ0) is 17.1. The van der Waals surface area contributed by atoms with Gasteiger partial charge in [0.2, 0.25) is 5.91 Å². The van der Waals surface area contributed by atoms with Crippen LogP contribution in [-0.2, 0) is 4.79 Å². The maximum Gasteiger partial charge on any atom is 0.320 e. The molecule has 0 aromatic heterocycles. The van der Waals surface area contributed by atoms with Gasteiger partial charge in [-0.2, -0.15) is 0 Å². The molecule has 2 aromatic rings. The fraction of sp³-hybridized carbons (Fsp3) is 0.222. The lowest BCUT2D eigenvalue weighted by molar-refractivity contribution is -0.120. The maximum absolute atomic E-state index is 12.5. The first-order valence-electron chi connectivity index (χ1n) is 7.76.